The van der Waals surface area contributed by atoms with E-state index >= 15 is 0 Å². The fourth-order valence-corrected chi connectivity index (χ4v) is 2.27. The lowest BCUT2D eigenvalue weighted by atomic mass is 10.1. The van der Waals surface area contributed by atoms with Crippen molar-refractivity contribution < 1.29 is 23.4 Å². The van der Waals surface area contributed by atoms with Gasteiger partial charge in [0.05, 0.1) is 12.8 Å². The zero-order chi connectivity index (χ0) is 14.8. The smallest absolute Gasteiger partial charge is 0.261 e. The molecule has 21 heavy (non-hydrogen) atoms. The Morgan fingerprint density at radius 3 is 3.00 bits per heavy atom. The molecular formula is C15H14FNO4. The van der Waals surface area contributed by atoms with Gasteiger partial charge < -0.3 is 19.6 Å². The number of rotatable bonds is 4. The van der Waals surface area contributed by atoms with Crippen molar-refractivity contribution in [2.75, 3.05) is 6.54 Å². The Morgan fingerprint density at radius 1 is 1.43 bits per heavy atom. The van der Waals surface area contributed by atoms with E-state index in [1.165, 1.54) is 12.3 Å². The molecule has 0 aliphatic carbocycles. The minimum absolute atomic E-state index is 0.00499. The highest BCUT2D eigenvalue weighted by Crippen LogP contribution is 2.31. The van der Waals surface area contributed by atoms with E-state index < -0.39 is 23.9 Å². The summed E-state index contributed by atoms with van der Waals surface area (Å²) >= 11 is 0. The SMILES string of the molecule is O=C(NCC(O)c1ccco1)C1Cc2cccc(F)c2O1. The predicted octanol–water partition coefficient (Wildman–Crippen LogP) is 1.57. The zero-order valence-corrected chi connectivity index (χ0v) is 11.1. The van der Waals surface area contributed by atoms with E-state index in [1.807, 2.05) is 0 Å². The average Bonchev–Trinajstić information content (AvgIpc) is 3.13. The highest BCUT2D eigenvalue weighted by molar-refractivity contribution is 5.82. The standard InChI is InChI=1S/C15H14FNO4/c16-10-4-1-3-9-7-13(21-14(9)10)15(19)17-8-11(18)12-5-2-6-20-12/h1-6,11,13,18H,7-8H2,(H,17,19). The van der Waals surface area contributed by atoms with Crippen molar-refractivity contribution in [2.24, 2.45) is 0 Å². The van der Waals surface area contributed by atoms with Gasteiger partial charge in [-0.1, -0.05) is 12.1 Å². The summed E-state index contributed by atoms with van der Waals surface area (Å²) in [6.07, 6.45) is 0.0560. The minimum atomic E-state index is -0.926. The molecule has 110 valence electrons. The lowest BCUT2D eigenvalue weighted by Gasteiger charge is -2.13. The molecule has 3 rings (SSSR count). The first-order chi connectivity index (χ1) is 10.1. The van der Waals surface area contributed by atoms with E-state index in [1.54, 1.807) is 24.3 Å². The van der Waals surface area contributed by atoms with Crippen molar-refractivity contribution in [3.8, 4) is 5.75 Å². The Bertz CT molecular complexity index is 641. The molecule has 2 unspecified atom stereocenters. The number of amides is 1. The summed E-state index contributed by atoms with van der Waals surface area (Å²) in [6, 6.07) is 7.87. The molecule has 0 fully saturated rings. The molecule has 0 radical (unpaired) electrons. The van der Waals surface area contributed by atoms with Crippen molar-refractivity contribution >= 4 is 5.91 Å². The van der Waals surface area contributed by atoms with Crippen LogP contribution in [0.1, 0.15) is 17.4 Å². The number of carbonyl (C=O) groups is 1. The highest BCUT2D eigenvalue weighted by Gasteiger charge is 2.31. The second kappa shape index (κ2) is 5.57. The molecule has 2 aromatic rings. The number of benzene rings is 1. The largest absolute Gasteiger partial charge is 0.477 e. The summed E-state index contributed by atoms with van der Waals surface area (Å²) in [5.74, 6) is -0.365. The van der Waals surface area contributed by atoms with Crippen LogP contribution in [0.5, 0.6) is 5.75 Å². The van der Waals surface area contributed by atoms with Crippen LogP contribution in [0.4, 0.5) is 4.39 Å². The molecule has 2 N–H and O–H groups in total. The first-order valence-corrected chi connectivity index (χ1v) is 6.58. The predicted molar refractivity (Wildman–Crippen MR) is 71.2 cm³/mol. The minimum Gasteiger partial charge on any atom is -0.477 e. The first kappa shape index (κ1) is 13.6. The van der Waals surface area contributed by atoms with Gasteiger partial charge in [0.2, 0.25) is 0 Å². The maximum absolute atomic E-state index is 13.5. The number of aliphatic hydroxyl groups is 1. The molecule has 0 saturated heterocycles. The van der Waals surface area contributed by atoms with Gasteiger partial charge in [-0.05, 0) is 18.2 Å². The van der Waals surface area contributed by atoms with E-state index in [0.717, 1.165) is 0 Å². The normalized spacial score (nSPS) is 17.9. The lowest BCUT2D eigenvalue weighted by molar-refractivity contribution is -0.127. The molecule has 1 aromatic carbocycles. The van der Waals surface area contributed by atoms with Gasteiger partial charge in [0.25, 0.3) is 5.91 Å². The van der Waals surface area contributed by atoms with Gasteiger partial charge in [-0.3, -0.25) is 4.79 Å². The molecule has 0 spiro atoms. The van der Waals surface area contributed by atoms with Crippen molar-refractivity contribution in [1.82, 2.24) is 5.32 Å². The summed E-state index contributed by atoms with van der Waals surface area (Å²) < 4.78 is 23.9. The van der Waals surface area contributed by atoms with Crippen molar-refractivity contribution in [3.05, 3.63) is 53.7 Å². The Labute approximate surface area is 120 Å². The average molecular weight is 291 g/mol. The van der Waals surface area contributed by atoms with E-state index in [0.29, 0.717) is 17.7 Å². The molecule has 5 nitrogen and oxygen atoms in total. The van der Waals surface area contributed by atoms with Gasteiger partial charge in [0.1, 0.15) is 11.9 Å². The Balaban J connectivity index is 1.57. The van der Waals surface area contributed by atoms with E-state index in [9.17, 15) is 14.3 Å². The topological polar surface area (TPSA) is 71.7 Å². The quantitative estimate of drug-likeness (QED) is 0.897. The molecule has 2 heterocycles. The van der Waals surface area contributed by atoms with Crippen LogP contribution in [0.25, 0.3) is 0 Å². The van der Waals surface area contributed by atoms with Crippen LogP contribution in [0.15, 0.2) is 41.0 Å². The van der Waals surface area contributed by atoms with Crippen LogP contribution in [-0.2, 0) is 11.2 Å². The van der Waals surface area contributed by atoms with Crippen LogP contribution in [0.2, 0.25) is 0 Å². The number of hydrogen-bond acceptors (Lipinski definition) is 4. The van der Waals surface area contributed by atoms with Crippen LogP contribution in [0, 0.1) is 5.82 Å². The Hall–Kier alpha value is -2.34. The highest BCUT2D eigenvalue weighted by atomic mass is 19.1. The molecule has 1 aliphatic rings. The number of aliphatic hydroxyl groups excluding tert-OH is 1. The molecule has 1 aliphatic heterocycles. The first-order valence-electron chi connectivity index (χ1n) is 6.58. The summed E-state index contributed by atoms with van der Waals surface area (Å²) in [5, 5.41) is 12.4. The van der Waals surface area contributed by atoms with Crippen molar-refractivity contribution in [3.63, 3.8) is 0 Å². The molecule has 0 bridgehead atoms. The maximum atomic E-state index is 13.5. The fraction of sp³-hybridized carbons (Fsp3) is 0.267. The number of ether oxygens (including phenoxy) is 1. The van der Waals surface area contributed by atoms with E-state index in [2.05, 4.69) is 5.32 Å². The van der Waals surface area contributed by atoms with Gasteiger partial charge >= 0.3 is 0 Å². The van der Waals surface area contributed by atoms with Crippen LogP contribution >= 0.6 is 0 Å². The van der Waals surface area contributed by atoms with Gasteiger partial charge in [-0.25, -0.2) is 4.39 Å². The second-order valence-electron chi connectivity index (χ2n) is 4.82. The van der Waals surface area contributed by atoms with Gasteiger partial charge in [-0.2, -0.15) is 0 Å². The van der Waals surface area contributed by atoms with Crippen LogP contribution in [-0.4, -0.2) is 23.7 Å². The summed E-state index contributed by atoms with van der Waals surface area (Å²) in [5.41, 5.74) is 0.668. The Morgan fingerprint density at radius 2 is 2.29 bits per heavy atom. The third kappa shape index (κ3) is 2.75. The van der Waals surface area contributed by atoms with Gasteiger partial charge in [0, 0.05) is 12.0 Å². The second-order valence-corrected chi connectivity index (χ2v) is 4.82. The lowest BCUT2D eigenvalue weighted by Crippen LogP contribution is -2.39. The monoisotopic (exact) mass is 291 g/mol. The van der Waals surface area contributed by atoms with Gasteiger partial charge in [0.15, 0.2) is 17.7 Å². The fourth-order valence-electron chi connectivity index (χ4n) is 2.27. The van der Waals surface area contributed by atoms with E-state index in [-0.39, 0.29) is 12.3 Å². The van der Waals surface area contributed by atoms with E-state index in [4.69, 9.17) is 9.15 Å². The summed E-state index contributed by atoms with van der Waals surface area (Å²) in [6.45, 7) is 0.00499. The molecule has 2 atom stereocenters. The maximum Gasteiger partial charge on any atom is 0.261 e. The number of halogens is 1. The number of furan rings is 1. The van der Waals surface area contributed by atoms with Crippen molar-refractivity contribution in [2.45, 2.75) is 18.6 Å². The number of hydrogen-bond donors (Lipinski definition) is 2. The summed E-state index contributed by atoms with van der Waals surface area (Å²) in [4.78, 5) is 12.0. The summed E-state index contributed by atoms with van der Waals surface area (Å²) in [7, 11) is 0. The van der Waals surface area contributed by atoms with Crippen LogP contribution < -0.4 is 10.1 Å². The van der Waals surface area contributed by atoms with Crippen LogP contribution in [0.3, 0.4) is 0 Å². The molecule has 6 heteroatoms. The third-order valence-corrected chi connectivity index (χ3v) is 3.35. The van der Waals surface area contributed by atoms with Crippen molar-refractivity contribution in [1.29, 1.82) is 0 Å². The number of carbonyl (C=O) groups excluding carboxylic acids is 1. The van der Waals surface area contributed by atoms with Gasteiger partial charge in [-0.15, -0.1) is 0 Å². The molecule has 1 amide bonds. The number of para-hydroxylation sites is 1. The molecular weight excluding hydrogens is 277 g/mol. The number of nitrogens with one attached hydrogen (secondary N) is 1. The number of fused-ring (bicyclic) bond motifs is 1. The Kier molecular flexibility index (Phi) is 3.62. The molecule has 1 aromatic heterocycles. The molecule has 0 saturated carbocycles. The third-order valence-electron chi connectivity index (χ3n) is 3.35. The zero-order valence-electron chi connectivity index (χ0n) is 11.1.